The first-order chi connectivity index (χ1) is 18.6. The van der Waals surface area contributed by atoms with E-state index in [1.165, 1.54) is 36.4 Å². The molecule has 4 rings (SSSR count). The number of non-ortho nitro benzene ring substituents is 1. The average molecular weight is 536 g/mol. The van der Waals surface area contributed by atoms with E-state index in [1.807, 2.05) is 0 Å². The molecular weight excluding hydrogens is 519 g/mol. The van der Waals surface area contributed by atoms with Gasteiger partial charge in [0.1, 0.15) is 11.4 Å². The normalized spacial score (nSPS) is 14.3. The Bertz CT molecular complexity index is 1550. The smallest absolute Gasteiger partial charge is 0.335 e. The number of benzene rings is 3. The molecule has 3 aromatic rings. The summed E-state index contributed by atoms with van der Waals surface area (Å²) in [6.45, 7) is 1.80. The number of hydrogen-bond acceptors (Lipinski definition) is 9. The maximum Gasteiger partial charge on any atom is 0.335 e. The van der Waals surface area contributed by atoms with Crippen LogP contribution < -0.4 is 19.7 Å². The predicted octanol–water partition coefficient (Wildman–Crippen LogP) is 4.50. The van der Waals surface area contributed by atoms with Gasteiger partial charge < -0.3 is 9.47 Å². The van der Waals surface area contributed by atoms with Crippen molar-refractivity contribution >= 4 is 41.0 Å². The van der Waals surface area contributed by atoms with E-state index in [-0.39, 0.29) is 35.1 Å². The van der Waals surface area contributed by atoms with Gasteiger partial charge >= 0.3 is 11.7 Å². The lowest BCUT2D eigenvalue weighted by Gasteiger charge is -2.26. The fourth-order valence-electron chi connectivity index (χ4n) is 3.58. The van der Waals surface area contributed by atoms with Gasteiger partial charge in [-0.15, -0.1) is 0 Å². The van der Waals surface area contributed by atoms with Gasteiger partial charge in [-0.2, -0.15) is 0 Å². The Balaban J connectivity index is 1.69. The van der Waals surface area contributed by atoms with Gasteiger partial charge in [0.25, 0.3) is 17.5 Å². The number of carbonyl (C=O) groups is 3. The molecule has 0 aliphatic carbocycles. The second-order valence-electron chi connectivity index (χ2n) is 7.84. The number of imide groups is 2. The topological polar surface area (TPSA) is 171 Å². The average Bonchev–Trinajstić information content (AvgIpc) is 2.89. The molecule has 0 atom stereocenters. The van der Waals surface area contributed by atoms with Crippen molar-refractivity contribution in [2.24, 2.45) is 0 Å². The van der Waals surface area contributed by atoms with Gasteiger partial charge in [-0.25, -0.2) is 14.1 Å². The van der Waals surface area contributed by atoms with Crippen LogP contribution in [0, 0.1) is 26.0 Å². The van der Waals surface area contributed by atoms with Crippen LogP contribution in [0.1, 0.15) is 12.5 Å². The highest BCUT2D eigenvalue weighted by molar-refractivity contribution is 6.39. The summed E-state index contributed by atoms with van der Waals surface area (Å²) in [5.41, 5.74) is -1.23. The molecular formula is C25H17FN4O9. The zero-order chi connectivity index (χ0) is 28.3. The number of urea groups is 1. The number of ether oxygens (including phenoxy) is 2. The highest BCUT2D eigenvalue weighted by Crippen LogP contribution is 2.39. The molecule has 1 saturated heterocycles. The molecule has 0 radical (unpaired) electrons. The van der Waals surface area contributed by atoms with Gasteiger partial charge in [0.2, 0.25) is 5.75 Å². The fraction of sp³-hybridized carbons (Fsp3) is 0.0800. The molecule has 1 N–H and O–H groups in total. The lowest BCUT2D eigenvalue weighted by atomic mass is 10.1. The molecule has 1 heterocycles. The van der Waals surface area contributed by atoms with Gasteiger partial charge in [-0.3, -0.25) is 35.1 Å². The highest BCUT2D eigenvalue weighted by atomic mass is 19.1. The quantitative estimate of drug-likeness (QED) is 0.188. The van der Waals surface area contributed by atoms with Crippen LogP contribution in [0.5, 0.6) is 17.2 Å². The second kappa shape index (κ2) is 10.8. The summed E-state index contributed by atoms with van der Waals surface area (Å²) in [6.07, 6.45) is 1.20. The Morgan fingerprint density at radius 2 is 1.62 bits per heavy atom. The molecule has 198 valence electrons. The fourth-order valence-corrected chi connectivity index (χ4v) is 3.58. The summed E-state index contributed by atoms with van der Waals surface area (Å²) in [4.78, 5) is 59.4. The van der Waals surface area contributed by atoms with Crippen molar-refractivity contribution in [3.05, 3.63) is 97.8 Å². The van der Waals surface area contributed by atoms with Crippen molar-refractivity contribution in [1.29, 1.82) is 0 Å². The van der Waals surface area contributed by atoms with E-state index in [2.05, 4.69) is 5.32 Å². The lowest BCUT2D eigenvalue weighted by molar-refractivity contribution is -0.394. The number of hydrogen-bond donors (Lipinski definition) is 1. The van der Waals surface area contributed by atoms with Crippen molar-refractivity contribution in [3.63, 3.8) is 0 Å². The van der Waals surface area contributed by atoms with Gasteiger partial charge in [-0.05, 0) is 61.0 Å². The third kappa shape index (κ3) is 5.53. The lowest BCUT2D eigenvalue weighted by Crippen LogP contribution is -2.54. The largest absolute Gasteiger partial charge is 0.490 e. The molecule has 1 fully saturated rings. The number of nitro groups is 2. The number of halogens is 1. The summed E-state index contributed by atoms with van der Waals surface area (Å²) < 4.78 is 24.5. The zero-order valence-electron chi connectivity index (χ0n) is 20.0. The van der Waals surface area contributed by atoms with Gasteiger partial charge in [0.15, 0.2) is 11.5 Å². The number of nitro benzene ring substituents is 2. The van der Waals surface area contributed by atoms with Crippen LogP contribution in [-0.2, 0) is 9.59 Å². The molecule has 14 heteroatoms. The summed E-state index contributed by atoms with van der Waals surface area (Å²) in [7, 11) is 0. The Morgan fingerprint density at radius 1 is 0.923 bits per heavy atom. The molecule has 3 aromatic carbocycles. The van der Waals surface area contributed by atoms with E-state index in [1.54, 1.807) is 6.92 Å². The van der Waals surface area contributed by atoms with E-state index in [9.17, 15) is 39.0 Å². The molecule has 1 aliphatic heterocycles. The molecule has 0 saturated carbocycles. The third-order valence-corrected chi connectivity index (χ3v) is 5.34. The molecule has 0 unspecified atom stereocenters. The van der Waals surface area contributed by atoms with Crippen molar-refractivity contribution in [2.45, 2.75) is 6.92 Å². The van der Waals surface area contributed by atoms with E-state index in [0.29, 0.717) is 4.90 Å². The number of nitrogens with zero attached hydrogens (tertiary/aromatic N) is 3. The minimum atomic E-state index is -1.00. The minimum Gasteiger partial charge on any atom is -0.490 e. The highest BCUT2D eigenvalue weighted by Gasteiger charge is 2.37. The molecule has 0 spiro atoms. The van der Waals surface area contributed by atoms with Crippen LogP contribution in [-0.4, -0.2) is 34.3 Å². The second-order valence-corrected chi connectivity index (χ2v) is 7.84. The number of rotatable bonds is 8. The number of nitrogens with one attached hydrogen (secondary N) is 1. The number of carbonyl (C=O) groups excluding carboxylic acids is 3. The third-order valence-electron chi connectivity index (χ3n) is 5.34. The maximum atomic E-state index is 13.3. The molecule has 4 amide bonds. The number of amides is 4. The zero-order valence-corrected chi connectivity index (χ0v) is 20.0. The summed E-state index contributed by atoms with van der Waals surface area (Å²) in [6, 6.07) is 10.6. The monoisotopic (exact) mass is 536 g/mol. The number of anilines is 1. The molecule has 13 nitrogen and oxygen atoms in total. The molecule has 39 heavy (non-hydrogen) atoms. The SMILES string of the molecule is CCOc1cc(/C=C2\C(=O)NC(=O)N(c3ccc(F)cc3)C2=O)ccc1Oc1ccc([N+](=O)[O-])cc1[N+](=O)[O-]. The summed E-state index contributed by atoms with van der Waals surface area (Å²) in [5.74, 6) is -2.68. The van der Waals surface area contributed by atoms with Crippen molar-refractivity contribution in [1.82, 2.24) is 5.32 Å². The molecule has 0 aromatic heterocycles. The van der Waals surface area contributed by atoms with Gasteiger partial charge in [0.05, 0.1) is 28.2 Å². The first-order valence-electron chi connectivity index (χ1n) is 11.1. The van der Waals surface area contributed by atoms with Crippen LogP contribution in [0.25, 0.3) is 6.08 Å². The standard InChI is InChI=1S/C25H17FN4O9/c1-2-38-22-12-14(3-9-21(22)39-20-10-8-17(29(34)35)13-19(20)30(36)37)11-18-23(31)27-25(33)28(24(18)32)16-6-4-15(26)5-7-16/h3-13H,2H2,1H3,(H,27,31,33)/b18-11+. The van der Waals surface area contributed by atoms with Gasteiger partial charge in [-0.1, -0.05) is 6.07 Å². The minimum absolute atomic E-state index is 0.0125. The van der Waals surface area contributed by atoms with E-state index >= 15 is 0 Å². The Labute approximate surface area is 218 Å². The molecule has 1 aliphatic rings. The van der Waals surface area contributed by atoms with Crippen molar-refractivity contribution in [2.75, 3.05) is 11.5 Å². The van der Waals surface area contributed by atoms with Crippen LogP contribution in [0.15, 0.2) is 66.2 Å². The summed E-state index contributed by atoms with van der Waals surface area (Å²) in [5, 5.41) is 24.5. The van der Waals surface area contributed by atoms with Crippen molar-refractivity contribution in [3.8, 4) is 17.2 Å². The summed E-state index contributed by atoms with van der Waals surface area (Å²) >= 11 is 0. The van der Waals surface area contributed by atoms with Crippen LogP contribution in [0.2, 0.25) is 0 Å². The Hall–Kier alpha value is -5.66. The predicted molar refractivity (Wildman–Crippen MR) is 133 cm³/mol. The van der Waals surface area contributed by atoms with E-state index in [0.717, 1.165) is 30.3 Å². The maximum absolute atomic E-state index is 13.3. The van der Waals surface area contributed by atoms with E-state index in [4.69, 9.17) is 9.47 Å². The van der Waals surface area contributed by atoms with Gasteiger partial charge in [0, 0.05) is 6.07 Å². The van der Waals surface area contributed by atoms with Crippen LogP contribution >= 0.6 is 0 Å². The molecule has 0 bridgehead atoms. The Kier molecular flexibility index (Phi) is 7.28. The van der Waals surface area contributed by atoms with E-state index < -0.39 is 50.5 Å². The van der Waals surface area contributed by atoms with Crippen molar-refractivity contribution < 1.29 is 38.1 Å². The van der Waals surface area contributed by atoms with Crippen LogP contribution in [0.4, 0.5) is 26.2 Å². The first kappa shape index (κ1) is 26.4. The van der Waals surface area contributed by atoms with Crippen LogP contribution in [0.3, 0.4) is 0 Å². The first-order valence-corrected chi connectivity index (χ1v) is 11.1. The number of barbiturate groups is 1. The Morgan fingerprint density at radius 3 is 2.26 bits per heavy atom.